The van der Waals surface area contributed by atoms with Gasteiger partial charge in [-0.1, -0.05) is 30.3 Å². The first-order valence-electron chi connectivity index (χ1n) is 7.95. The van der Waals surface area contributed by atoms with Crippen LogP contribution in [-0.4, -0.2) is 19.0 Å². The molecule has 1 aliphatic carbocycles. The number of allylic oxidation sites excluding steroid dienone is 1. The summed E-state index contributed by atoms with van der Waals surface area (Å²) in [5.74, 6) is 1.57. The summed E-state index contributed by atoms with van der Waals surface area (Å²) in [5.41, 5.74) is 3.68. The Balaban J connectivity index is 1.91. The van der Waals surface area contributed by atoms with Gasteiger partial charge in [-0.3, -0.25) is 4.79 Å². The second-order valence-electron chi connectivity index (χ2n) is 5.40. The number of ether oxygens (including phenoxy) is 2. The predicted octanol–water partition coefficient (Wildman–Crippen LogP) is 4.31. The van der Waals surface area contributed by atoms with Crippen molar-refractivity contribution >= 4 is 11.9 Å². The van der Waals surface area contributed by atoms with E-state index in [9.17, 15) is 4.79 Å². The molecule has 0 saturated heterocycles. The normalized spacial score (nSPS) is 14.9. The van der Waals surface area contributed by atoms with Gasteiger partial charge in [0.15, 0.2) is 17.3 Å². The predicted molar refractivity (Wildman–Crippen MR) is 91.2 cm³/mol. The van der Waals surface area contributed by atoms with E-state index in [1.807, 2.05) is 62.4 Å². The Hall–Kier alpha value is -2.55. The summed E-state index contributed by atoms with van der Waals surface area (Å²) in [4.78, 5) is 12.5. The average Bonchev–Trinajstić information content (AvgIpc) is 2.87. The molecule has 1 aliphatic rings. The van der Waals surface area contributed by atoms with E-state index in [1.54, 1.807) is 0 Å². The maximum Gasteiger partial charge on any atom is 0.189 e. The van der Waals surface area contributed by atoms with Crippen molar-refractivity contribution in [3.8, 4) is 11.5 Å². The van der Waals surface area contributed by atoms with Crippen LogP contribution in [-0.2, 0) is 6.42 Å². The number of hydrogen-bond acceptors (Lipinski definition) is 3. The second kappa shape index (κ2) is 6.69. The standard InChI is InChI=1S/C20H20O3/c1-3-22-18-10-9-14(12-19(18)23-4-2)11-16-13-15-7-5-6-8-17(15)20(16)21/h5-12H,3-4,13H2,1-2H3/b16-11+. The van der Waals surface area contributed by atoms with E-state index in [0.717, 1.165) is 28.0 Å². The highest BCUT2D eigenvalue weighted by molar-refractivity contribution is 6.15. The fourth-order valence-corrected chi connectivity index (χ4v) is 2.83. The molecule has 0 unspecified atom stereocenters. The number of carbonyl (C=O) groups is 1. The molecule has 0 heterocycles. The van der Waals surface area contributed by atoms with Crippen molar-refractivity contribution in [2.75, 3.05) is 13.2 Å². The molecule has 0 N–H and O–H groups in total. The van der Waals surface area contributed by atoms with Crippen LogP contribution in [0.2, 0.25) is 0 Å². The highest BCUT2D eigenvalue weighted by Gasteiger charge is 2.23. The van der Waals surface area contributed by atoms with Crippen LogP contribution in [0.1, 0.15) is 35.3 Å². The van der Waals surface area contributed by atoms with Gasteiger partial charge in [0.05, 0.1) is 13.2 Å². The van der Waals surface area contributed by atoms with Crippen LogP contribution in [0.5, 0.6) is 11.5 Å². The zero-order valence-corrected chi connectivity index (χ0v) is 13.5. The lowest BCUT2D eigenvalue weighted by atomic mass is 10.1. The Morgan fingerprint density at radius 2 is 1.74 bits per heavy atom. The lowest BCUT2D eigenvalue weighted by Crippen LogP contribution is -1.99. The Morgan fingerprint density at radius 1 is 1.00 bits per heavy atom. The molecular formula is C20H20O3. The molecule has 0 atom stereocenters. The summed E-state index contributed by atoms with van der Waals surface area (Å²) >= 11 is 0. The molecular weight excluding hydrogens is 288 g/mol. The summed E-state index contributed by atoms with van der Waals surface area (Å²) < 4.78 is 11.2. The average molecular weight is 308 g/mol. The minimum absolute atomic E-state index is 0.118. The van der Waals surface area contributed by atoms with Crippen LogP contribution in [0.25, 0.3) is 6.08 Å². The number of Topliss-reactive ketones (excluding diaryl/α,β-unsaturated/α-hetero) is 1. The Kier molecular flexibility index (Phi) is 4.47. The molecule has 0 radical (unpaired) electrons. The molecule has 0 bridgehead atoms. The van der Waals surface area contributed by atoms with Crippen LogP contribution in [0.4, 0.5) is 0 Å². The van der Waals surface area contributed by atoms with Crippen molar-refractivity contribution < 1.29 is 14.3 Å². The van der Waals surface area contributed by atoms with Gasteiger partial charge in [0, 0.05) is 17.6 Å². The summed E-state index contributed by atoms with van der Waals surface area (Å²) in [6.45, 7) is 5.05. The third-order valence-corrected chi connectivity index (χ3v) is 3.84. The quantitative estimate of drug-likeness (QED) is 0.772. The Labute approximate surface area is 136 Å². The maximum absolute atomic E-state index is 12.5. The van der Waals surface area contributed by atoms with Crippen molar-refractivity contribution in [2.45, 2.75) is 20.3 Å². The van der Waals surface area contributed by atoms with E-state index in [-0.39, 0.29) is 5.78 Å². The van der Waals surface area contributed by atoms with Gasteiger partial charge in [-0.2, -0.15) is 0 Å². The van der Waals surface area contributed by atoms with Crippen molar-refractivity contribution in [2.24, 2.45) is 0 Å². The van der Waals surface area contributed by atoms with Gasteiger partial charge >= 0.3 is 0 Å². The minimum Gasteiger partial charge on any atom is -0.490 e. The van der Waals surface area contributed by atoms with Gasteiger partial charge in [0.1, 0.15) is 0 Å². The SMILES string of the molecule is CCOc1ccc(/C=C2\Cc3ccccc3C2=O)cc1OCC. The summed E-state index contributed by atoms with van der Waals surface area (Å²) in [6, 6.07) is 13.6. The third-order valence-electron chi connectivity index (χ3n) is 3.84. The van der Waals surface area contributed by atoms with Crippen LogP contribution in [0, 0.1) is 0 Å². The molecule has 23 heavy (non-hydrogen) atoms. The summed E-state index contributed by atoms with van der Waals surface area (Å²) in [6.07, 6.45) is 2.63. The monoisotopic (exact) mass is 308 g/mol. The molecule has 0 aromatic heterocycles. The zero-order chi connectivity index (χ0) is 16.2. The fraction of sp³-hybridized carbons (Fsp3) is 0.250. The van der Waals surface area contributed by atoms with Crippen LogP contribution < -0.4 is 9.47 Å². The Bertz CT molecular complexity index is 759. The zero-order valence-electron chi connectivity index (χ0n) is 13.5. The van der Waals surface area contributed by atoms with Crippen molar-refractivity contribution in [3.63, 3.8) is 0 Å². The van der Waals surface area contributed by atoms with Crippen LogP contribution >= 0.6 is 0 Å². The molecule has 3 nitrogen and oxygen atoms in total. The Morgan fingerprint density at radius 3 is 2.48 bits per heavy atom. The number of benzene rings is 2. The van der Waals surface area contributed by atoms with E-state index >= 15 is 0 Å². The number of carbonyl (C=O) groups excluding carboxylic acids is 1. The molecule has 0 amide bonds. The highest BCUT2D eigenvalue weighted by Crippen LogP contribution is 2.32. The second-order valence-corrected chi connectivity index (χ2v) is 5.40. The van der Waals surface area contributed by atoms with Crippen LogP contribution in [0.3, 0.4) is 0 Å². The smallest absolute Gasteiger partial charge is 0.189 e. The molecule has 3 heteroatoms. The molecule has 3 rings (SSSR count). The van der Waals surface area contributed by atoms with E-state index < -0.39 is 0 Å². The molecule has 2 aromatic carbocycles. The van der Waals surface area contributed by atoms with E-state index in [1.165, 1.54) is 0 Å². The molecule has 0 spiro atoms. The first-order valence-corrected chi connectivity index (χ1v) is 7.95. The summed E-state index contributed by atoms with van der Waals surface area (Å²) in [5, 5.41) is 0. The number of fused-ring (bicyclic) bond motifs is 1. The topological polar surface area (TPSA) is 35.5 Å². The van der Waals surface area contributed by atoms with E-state index in [2.05, 4.69) is 0 Å². The van der Waals surface area contributed by atoms with E-state index in [4.69, 9.17) is 9.47 Å². The summed E-state index contributed by atoms with van der Waals surface area (Å²) in [7, 11) is 0. The van der Waals surface area contributed by atoms with Crippen LogP contribution in [0.15, 0.2) is 48.0 Å². The number of hydrogen-bond donors (Lipinski definition) is 0. The van der Waals surface area contributed by atoms with Gasteiger partial charge < -0.3 is 9.47 Å². The minimum atomic E-state index is 0.118. The molecule has 2 aromatic rings. The van der Waals surface area contributed by atoms with Crippen molar-refractivity contribution in [1.29, 1.82) is 0 Å². The van der Waals surface area contributed by atoms with Gasteiger partial charge in [-0.05, 0) is 43.2 Å². The molecule has 118 valence electrons. The highest BCUT2D eigenvalue weighted by atomic mass is 16.5. The largest absolute Gasteiger partial charge is 0.490 e. The first kappa shape index (κ1) is 15.3. The first-order chi connectivity index (χ1) is 11.2. The van der Waals surface area contributed by atoms with Crippen molar-refractivity contribution in [3.05, 3.63) is 64.7 Å². The van der Waals surface area contributed by atoms with Gasteiger partial charge in [0.2, 0.25) is 0 Å². The third kappa shape index (κ3) is 3.14. The molecule has 0 fully saturated rings. The fourth-order valence-electron chi connectivity index (χ4n) is 2.83. The van der Waals surface area contributed by atoms with E-state index in [0.29, 0.717) is 25.4 Å². The number of ketones is 1. The number of rotatable bonds is 5. The van der Waals surface area contributed by atoms with Crippen molar-refractivity contribution in [1.82, 2.24) is 0 Å². The maximum atomic E-state index is 12.5. The lowest BCUT2D eigenvalue weighted by Gasteiger charge is -2.11. The lowest BCUT2D eigenvalue weighted by molar-refractivity contribution is 0.104. The van der Waals surface area contributed by atoms with Gasteiger partial charge in [-0.15, -0.1) is 0 Å². The van der Waals surface area contributed by atoms with Gasteiger partial charge in [-0.25, -0.2) is 0 Å². The molecule has 0 aliphatic heterocycles. The van der Waals surface area contributed by atoms with Gasteiger partial charge in [0.25, 0.3) is 0 Å². The molecule has 0 saturated carbocycles.